The highest BCUT2D eigenvalue weighted by atomic mass is 32.3. The van der Waals surface area contributed by atoms with E-state index in [0.29, 0.717) is 0 Å². The van der Waals surface area contributed by atoms with Crippen LogP contribution in [0.4, 0.5) is 0 Å². The smallest absolute Gasteiger partial charge is 0.397 e. The van der Waals surface area contributed by atoms with Crippen molar-refractivity contribution < 1.29 is 27.1 Å². The van der Waals surface area contributed by atoms with Crippen LogP contribution in [0, 0.1) is 0 Å². The Hall–Kier alpha value is -0.700. The van der Waals surface area contributed by atoms with Crippen LogP contribution in [0.5, 0.6) is 0 Å². The van der Waals surface area contributed by atoms with Crippen LogP contribution in [-0.2, 0) is 19.4 Å². The van der Waals surface area contributed by atoms with Crippen LogP contribution in [0.15, 0.2) is 0 Å². The summed E-state index contributed by atoms with van der Waals surface area (Å²) < 4.78 is 31.3. The number of carboxylic acid groups (broad SMARTS) is 1. The van der Waals surface area contributed by atoms with Gasteiger partial charge in [-0.05, 0) is 0 Å². The molecule has 0 amide bonds. The third-order valence-corrected chi connectivity index (χ3v) is 1.15. The predicted octanol–water partition coefficient (Wildman–Crippen LogP) is -1.78. The van der Waals surface area contributed by atoms with E-state index in [2.05, 4.69) is 4.18 Å². The molecule has 7 nitrogen and oxygen atoms in total. The summed E-state index contributed by atoms with van der Waals surface area (Å²) in [6.45, 7) is -0.784. The Bertz CT molecular complexity index is 232. The number of aliphatic carboxylic acids is 1. The molecule has 66 valence electrons. The SMILES string of the molecule is N[14CH]([14CH2]OS(=O)(=O)O)[14C](=O)O. The molecule has 0 rings (SSSR count). The van der Waals surface area contributed by atoms with Gasteiger partial charge in [-0.15, -0.1) is 0 Å². The van der Waals surface area contributed by atoms with Crippen molar-refractivity contribution >= 4 is 16.4 Å². The minimum atomic E-state index is -4.60. The summed E-state index contributed by atoms with van der Waals surface area (Å²) >= 11 is 0. The van der Waals surface area contributed by atoms with E-state index >= 15 is 0 Å². The Morgan fingerprint density at radius 1 is 1.64 bits per heavy atom. The lowest BCUT2D eigenvalue weighted by Crippen LogP contribution is -2.35. The molecule has 0 aliphatic heterocycles. The van der Waals surface area contributed by atoms with E-state index in [9.17, 15) is 13.2 Å². The molecule has 0 spiro atoms. The number of carboxylic acids is 1. The van der Waals surface area contributed by atoms with Gasteiger partial charge in [-0.3, -0.25) is 9.35 Å². The Morgan fingerprint density at radius 2 is 2.09 bits per heavy atom. The van der Waals surface area contributed by atoms with E-state index in [0.717, 1.165) is 0 Å². The van der Waals surface area contributed by atoms with Crippen molar-refractivity contribution in [3.63, 3.8) is 0 Å². The van der Waals surface area contributed by atoms with Gasteiger partial charge in [0.2, 0.25) is 0 Å². The summed E-state index contributed by atoms with van der Waals surface area (Å²) in [5.41, 5.74) is 4.82. The van der Waals surface area contributed by atoms with Crippen molar-refractivity contribution in [2.45, 2.75) is 6.04 Å². The Morgan fingerprint density at radius 3 is 2.36 bits per heavy atom. The van der Waals surface area contributed by atoms with Crippen LogP contribution < -0.4 is 5.73 Å². The topological polar surface area (TPSA) is 127 Å². The molecule has 1 atom stereocenters. The molecule has 0 aromatic rings. The van der Waals surface area contributed by atoms with Crippen molar-refractivity contribution in [2.75, 3.05) is 6.61 Å². The highest BCUT2D eigenvalue weighted by Gasteiger charge is 2.15. The van der Waals surface area contributed by atoms with Crippen molar-refractivity contribution in [1.82, 2.24) is 0 Å². The minimum Gasteiger partial charge on any atom is -0.480 e. The largest absolute Gasteiger partial charge is 0.480 e. The van der Waals surface area contributed by atoms with Gasteiger partial charge in [0.15, 0.2) is 0 Å². The van der Waals surface area contributed by atoms with E-state index in [1.807, 2.05) is 0 Å². The average molecular weight is 191 g/mol. The van der Waals surface area contributed by atoms with E-state index in [-0.39, 0.29) is 0 Å². The molecule has 0 radical (unpaired) electrons. The molecule has 0 aromatic heterocycles. The maximum Gasteiger partial charge on any atom is 0.397 e. The quantitative estimate of drug-likeness (QED) is 0.448. The summed E-state index contributed by atoms with van der Waals surface area (Å²) in [6.07, 6.45) is 0. The molecule has 8 heteroatoms. The molecule has 1 unspecified atom stereocenters. The normalized spacial score (nSPS) is 14.4. The lowest BCUT2D eigenvalue weighted by Gasteiger charge is -2.03. The summed E-state index contributed by atoms with van der Waals surface area (Å²) in [7, 11) is -4.60. The van der Waals surface area contributed by atoms with E-state index < -0.39 is 29.0 Å². The highest BCUT2D eigenvalue weighted by Crippen LogP contribution is 1.88. The minimum absolute atomic E-state index is 0.784. The maximum atomic E-state index is 9.93. The molecule has 0 saturated carbocycles. The molecule has 0 aromatic carbocycles. The zero-order chi connectivity index (χ0) is 9.07. The third kappa shape index (κ3) is 5.73. The van der Waals surface area contributed by atoms with Crippen molar-refractivity contribution in [1.29, 1.82) is 0 Å². The van der Waals surface area contributed by atoms with Gasteiger partial charge in [0.05, 0.1) is 6.61 Å². The molecule has 0 heterocycles. The van der Waals surface area contributed by atoms with Gasteiger partial charge in [-0.1, -0.05) is 0 Å². The van der Waals surface area contributed by atoms with Gasteiger partial charge in [0, 0.05) is 0 Å². The first-order chi connectivity index (χ1) is 4.83. The van der Waals surface area contributed by atoms with Gasteiger partial charge in [-0.2, -0.15) is 8.42 Å². The van der Waals surface area contributed by atoms with Crippen LogP contribution >= 0.6 is 0 Å². The molecular weight excluding hydrogens is 184 g/mol. The number of rotatable bonds is 4. The highest BCUT2D eigenvalue weighted by molar-refractivity contribution is 7.80. The van der Waals surface area contributed by atoms with Gasteiger partial charge in [0.25, 0.3) is 0 Å². The zero-order valence-corrected chi connectivity index (χ0v) is 6.11. The maximum absolute atomic E-state index is 9.93. The fourth-order valence-electron chi connectivity index (χ4n) is 0.231. The molecule has 4 N–H and O–H groups in total. The summed E-state index contributed by atoms with van der Waals surface area (Å²) in [5, 5.41) is 8.10. The number of hydrogen-bond donors (Lipinski definition) is 3. The molecule has 11 heavy (non-hydrogen) atoms. The zero-order valence-electron chi connectivity index (χ0n) is 5.30. The van der Waals surface area contributed by atoms with E-state index in [4.69, 9.17) is 15.4 Å². The van der Waals surface area contributed by atoms with Crippen molar-refractivity contribution in [3.05, 3.63) is 0 Å². The van der Waals surface area contributed by atoms with Crippen molar-refractivity contribution in [2.24, 2.45) is 5.73 Å². The van der Waals surface area contributed by atoms with Crippen molar-refractivity contribution in [3.8, 4) is 0 Å². The first kappa shape index (κ1) is 10.3. The third-order valence-electron chi connectivity index (χ3n) is 0.714. The van der Waals surface area contributed by atoms with Crippen LogP contribution in [-0.4, -0.2) is 36.7 Å². The monoisotopic (exact) mass is 191 g/mol. The first-order valence-corrected chi connectivity index (χ1v) is 3.79. The lowest BCUT2D eigenvalue weighted by atomic mass is 12.2. The molecule has 0 bridgehead atoms. The summed E-state index contributed by atoms with van der Waals surface area (Å²) in [4.78, 5) is 9.93. The summed E-state index contributed by atoms with van der Waals surface area (Å²) in [6, 6.07) is -1.46. The summed E-state index contributed by atoms with van der Waals surface area (Å²) in [5.74, 6) is -1.41. The molecule has 0 saturated heterocycles. The second-order valence-electron chi connectivity index (χ2n) is 1.66. The van der Waals surface area contributed by atoms with Crippen LogP contribution in [0.2, 0.25) is 0 Å². The van der Waals surface area contributed by atoms with Crippen LogP contribution in [0.3, 0.4) is 0 Å². The van der Waals surface area contributed by atoms with Gasteiger partial charge in [0.1, 0.15) is 6.04 Å². The Labute approximate surface area is 62.7 Å². The Balaban J connectivity index is 3.82. The van der Waals surface area contributed by atoms with Crippen LogP contribution in [0.25, 0.3) is 0 Å². The fourth-order valence-corrected chi connectivity index (χ4v) is 0.549. The van der Waals surface area contributed by atoms with Gasteiger partial charge < -0.3 is 10.8 Å². The second-order valence-corrected chi connectivity index (χ2v) is 2.75. The molecule has 0 fully saturated rings. The fraction of sp³-hybridized carbons (Fsp3) is 0.667. The Kier molecular flexibility index (Phi) is 3.39. The lowest BCUT2D eigenvalue weighted by molar-refractivity contribution is -0.139. The molecule has 0 aliphatic rings. The number of nitrogens with two attached hydrogens (primary N) is 1. The number of hydrogen-bond acceptors (Lipinski definition) is 5. The predicted molar refractivity (Wildman–Crippen MR) is 33.1 cm³/mol. The number of carbonyl (C=O) groups is 1. The standard InChI is InChI=1S/C3H7NO6S/c4-2(3(5)6)1-10-11(7,8)9/h2H,1,4H2,(H,5,6)(H,7,8,9)/i1+2,2+2,3+2. The average Bonchev–Trinajstić information content (AvgIpc) is 1.80. The van der Waals surface area contributed by atoms with Gasteiger partial charge in [-0.25, -0.2) is 4.18 Å². The van der Waals surface area contributed by atoms with E-state index in [1.165, 1.54) is 0 Å². The first-order valence-electron chi connectivity index (χ1n) is 2.43. The second kappa shape index (κ2) is 3.62. The van der Waals surface area contributed by atoms with E-state index in [1.54, 1.807) is 0 Å². The molecular formula is C3H7NO6S. The van der Waals surface area contributed by atoms with Gasteiger partial charge >= 0.3 is 16.4 Å². The molecule has 0 aliphatic carbocycles. The van der Waals surface area contributed by atoms with Crippen LogP contribution in [0.1, 0.15) is 0 Å².